The molecule has 5 heteroatoms. The lowest BCUT2D eigenvalue weighted by atomic mass is 10.0. The van der Waals surface area contributed by atoms with E-state index >= 15 is 0 Å². The quantitative estimate of drug-likeness (QED) is 0.0912. The fourth-order valence-corrected chi connectivity index (χ4v) is 3.89. The van der Waals surface area contributed by atoms with E-state index in [0.29, 0.717) is 19.4 Å². The second-order valence-electron chi connectivity index (χ2n) is 9.67. The molecule has 0 aliphatic carbocycles. The van der Waals surface area contributed by atoms with Crippen molar-refractivity contribution in [3.05, 3.63) is 0 Å². The third-order valence-electron chi connectivity index (χ3n) is 6.14. The van der Waals surface area contributed by atoms with Crippen molar-refractivity contribution in [2.75, 3.05) is 19.8 Å². The molecule has 0 N–H and O–H groups in total. The monoisotopic (exact) mass is 484 g/mol. The van der Waals surface area contributed by atoms with E-state index in [-0.39, 0.29) is 25.2 Å². The van der Waals surface area contributed by atoms with Crippen molar-refractivity contribution < 1.29 is 23.8 Å². The molecule has 1 atom stereocenters. The zero-order chi connectivity index (χ0) is 25.1. The Bertz CT molecular complexity index is 452. The normalized spacial score (nSPS) is 12.0. The van der Waals surface area contributed by atoms with Crippen LogP contribution in [0.4, 0.5) is 0 Å². The van der Waals surface area contributed by atoms with Crippen LogP contribution in [-0.2, 0) is 23.8 Å². The van der Waals surface area contributed by atoms with Gasteiger partial charge in [-0.3, -0.25) is 9.59 Å². The highest BCUT2D eigenvalue weighted by molar-refractivity contribution is 5.70. The molecular weight excluding hydrogens is 428 g/mol. The minimum Gasteiger partial charge on any atom is -0.462 e. The SMILES string of the molecule is CCCCCCCCCCCCCCCC(=O)O[C@@H](COCCCC)COC(=O)CCCCC. The molecule has 0 spiro atoms. The second kappa shape index (κ2) is 26.5. The Balaban J connectivity index is 3.87. The van der Waals surface area contributed by atoms with Crippen LogP contribution < -0.4 is 0 Å². The van der Waals surface area contributed by atoms with Gasteiger partial charge >= 0.3 is 11.9 Å². The van der Waals surface area contributed by atoms with Crippen LogP contribution in [0.25, 0.3) is 0 Å². The van der Waals surface area contributed by atoms with Gasteiger partial charge in [0.15, 0.2) is 6.10 Å². The first-order chi connectivity index (χ1) is 16.6. The molecule has 0 bridgehead atoms. The van der Waals surface area contributed by atoms with Crippen molar-refractivity contribution in [3.63, 3.8) is 0 Å². The van der Waals surface area contributed by atoms with Gasteiger partial charge in [0.05, 0.1) is 6.61 Å². The average Bonchev–Trinajstić information content (AvgIpc) is 2.83. The Hall–Kier alpha value is -1.10. The zero-order valence-electron chi connectivity index (χ0n) is 22.9. The standard InChI is InChI=1S/C29H56O5/c1-4-7-10-11-12-13-14-15-16-17-18-19-21-23-29(31)34-27(25-32-24-9-6-3)26-33-28(30)22-20-8-5-2/h27H,4-26H2,1-3H3/t27-/m0/s1. The fourth-order valence-electron chi connectivity index (χ4n) is 3.89. The van der Waals surface area contributed by atoms with Crippen molar-refractivity contribution in [1.82, 2.24) is 0 Å². The number of carbonyl (C=O) groups excluding carboxylic acids is 2. The predicted octanol–water partition coefficient (Wildman–Crippen LogP) is 8.32. The topological polar surface area (TPSA) is 61.8 Å². The molecule has 5 nitrogen and oxygen atoms in total. The van der Waals surface area contributed by atoms with Gasteiger partial charge < -0.3 is 14.2 Å². The van der Waals surface area contributed by atoms with Gasteiger partial charge in [0.1, 0.15) is 6.61 Å². The summed E-state index contributed by atoms with van der Waals surface area (Å²) in [6.45, 7) is 7.47. The van der Waals surface area contributed by atoms with Crippen molar-refractivity contribution in [2.24, 2.45) is 0 Å². The molecule has 0 radical (unpaired) electrons. The summed E-state index contributed by atoms with van der Waals surface area (Å²) in [5, 5.41) is 0. The summed E-state index contributed by atoms with van der Waals surface area (Å²) >= 11 is 0. The van der Waals surface area contributed by atoms with Crippen molar-refractivity contribution in [2.45, 2.75) is 155 Å². The van der Waals surface area contributed by atoms with Gasteiger partial charge in [0.2, 0.25) is 0 Å². The van der Waals surface area contributed by atoms with E-state index in [1.165, 1.54) is 70.6 Å². The van der Waals surface area contributed by atoms with Gasteiger partial charge in [-0.1, -0.05) is 117 Å². The summed E-state index contributed by atoms with van der Waals surface area (Å²) in [7, 11) is 0. The third kappa shape index (κ3) is 24.0. The lowest BCUT2D eigenvalue weighted by Gasteiger charge is -2.18. The lowest BCUT2D eigenvalue weighted by molar-refractivity contribution is -0.163. The molecule has 202 valence electrons. The molecule has 0 aromatic rings. The summed E-state index contributed by atoms with van der Waals surface area (Å²) in [4.78, 5) is 24.2. The van der Waals surface area contributed by atoms with Gasteiger partial charge in [0, 0.05) is 19.4 Å². The Morgan fingerprint density at radius 1 is 0.529 bits per heavy atom. The maximum absolute atomic E-state index is 12.3. The molecule has 0 aromatic carbocycles. The number of hydrogen-bond donors (Lipinski definition) is 0. The van der Waals surface area contributed by atoms with Crippen LogP contribution in [0.5, 0.6) is 0 Å². The average molecular weight is 485 g/mol. The molecule has 0 fully saturated rings. The van der Waals surface area contributed by atoms with Crippen LogP contribution in [0.15, 0.2) is 0 Å². The number of ether oxygens (including phenoxy) is 3. The van der Waals surface area contributed by atoms with Crippen LogP contribution in [0, 0.1) is 0 Å². The van der Waals surface area contributed by atoms with E-state index in [2.05, 4.69) is 20.8 Å². The molecule has 0 saturated carbocycles. The van der Waals surface area contributed by atoms with Crippen LogP contribution in [0.3, 0.4) is 0 Å². The molecular formula is C29H56O5. The number of hydrogen-bond acceptors (Lipinski definition) is 5. The highest BCUT2D eigenvalue weighted by atomic mass is 16.6. The van der Waals surface area contributed by atoms with Crippen LogP contribution in [0.2, 0.25) is 0 Å². The minimum atomic E-state index is -0.513. The second-order valence-corrected chi connectivity index (χ2v) is 9.67. The highest BCUT2D eigenvalue weighted by Gasteiger charge is 2.17. The molecule has 0 aliphatic rings. The predicted molar refractivity (Wildman–Crippen MR) is 141 cm³/mol. The van der Waals surface area contributed by atoms with E-state index < -0.39 is 6.10 Å². The van der Waals surface area contributed by atoms with Gasteiger partial charge in [-0.05, 0) is 19.3 Å². The lowest BCUT2D eigenvalue weighted by Crippen LogP contribution is -2.30. The van der Waals surface area contributed by atoms with Gasteiger partial charge in [-0.15, -0.1) is 0 Å². The van der Waals surface area contributed by atoms with E-state index in [4.69, 9.17) is 14.2 Å². The van der Waals surface area contributed by atoms with Gasteiger partial charge in [0.25, 0.3) is 0 Å². The molecule has 0 heterocycles. The Kier molecular flexibility index (Phi) is 25.6. The molecule has 34 heavy (non-hydrogen) atoms. The fraction of sp³-hybridized carbons (Fsp3) is 0.931. The smallest absolute Gasteiger partial charge is 0.306 e. The molecule has 0 aliphatic heterocycles. The van der Waals surface area contributed by atoms with E-state index in [1.54, 1.807) is 0 Å². The summed E-state index contributed by atoms with van der Waals surface area (Å²) in [6.07, 6.45) is 21.9. The Labute approximate surface area is 211 Å². The third-order valence-corrected chi connectivity index (χ3v) is 6.14. The first kappa shape index (κ1) is 32.9. The highest BCUT2D eigenvalue weighted by Crippen LogP contribution is 2.13. The van der Waals surface area contributed by atoms with Crippen molar-refractivity contribution in [3.8, 4) is 0 Å². The number of carbonyl (C=O) groups is 2. The largest absolute Gasteiger partial charge is 0.462 e. The summed E-state index contributed by atoms with van der Waals surface area (Å²) < 4.78 is 16.5. The number of unbranched alkanes of at least 4 members (excludes halogenated alkanes) is 15. The van der Waals surface area contributed by atoms with Crippen LogP contribution in [-0.4, -0.2) is 37.9 Å². The molecule has 0 unspecified atom stereocenters. The van der Waals surface area contributed by atoms with Crippen molar-refractivity contribution in [1.29, 1.82) is 0 Å². The molecule has 0 amide bonds. The maximum atomic E-state index is 12.3. The first-order valence-electron chi connectivity index (χ1n) is 14.6. The summed E-state index contributed by atoms with van der Waals surface area (Å²) in [6, 6.07) is 0. The van der Waals surface area contributed by atoms with E-state index in [0.717, 1.165) is 44.9 Å². The zero-order valence-corrected chi connectivity index (χ0v) is 22.9. The Morgan fingerprint density at radius 2 is 0.971 bits per heavy atom. The van der Waals surface area contributed by atoms with Gasteiger partial charge in [-0.25, -0.2) is 0 Å². The molecule has 0 saturated heterocycles. The number of esters is 2. The maximum Gasteiger partial charge on any atom is 0.306 e. The minimum absolute atomic E-state index is 0.0847. The van der Waals surface area contributed by atoms with E-state index in [1.807, 2.05) is 0 Å². The van der Waals surface area contributed by atoms with Crippen LogP contribution >= 0.6 is 0 Å². The first-order valence-corrected chi connectivity index (χ1v) is 14.6. The summed E-state index contributed by atoms with van der Waals surface area (Å²) in [5.41, 5.74) is 0. The van der Waals surface area contributed by atoms with Gasteiger partial charge in [-0.2, -0.15) is 0 Å². The number of rotatable bonds is 26. The van der Waals surface area contributed by atoms with E-state index in [9.17, 15) is 9.59 Å². The Morgan fingerprint density at radius 3 is 1.53 bits per heavy atom. The molecule has 0 aromatic heterocycles. The summed E-state index contributed by atoms with van der Waals surface area (Å²) in [5.74, 6) is -0.436. The molecule has 0 rings (SSSR count). The van der Waals surface area contributed by atoms with Crippen LogP contribution in [0.1, 0.15) is 149 Å². The van der Waals surface area contributed by atoms with Crippen molar-refractivity contribution >= 4 is 11.9 Å².